The third-order valence-electron chi connectivity index (χ3n) is 5.61. The Bertz CT molecular complexity index is 809. The average Bonchev–Trinajstić information content (AvgIpc) is 2.78. The van der Waals surface area contributed by atoms with Gasteiger partial charge < -0.3 is 19.1 Å². The lowest BCUT2D eigenvalue weighted by atomic mass is 10.1. The molecule has 1 aliphatic heterocycles. The molecule has 1 atom stereocenters. The number of morpholine rings is 1. The number of hydrogen-bond donors (Lipinski definition) is 0. The Kier molecular flexibility index (Phi) is 7.71. The fourth-order valence-electron chi connectivity index (χ4n) is 3.84. The van der Waals surface area contributed by atoms with Crippen molar-refractivity contribution in [2.45, 2.75) is 26.4 Å². The average molecular weight is 413 g/mol. The van der Waals surface area contributed by atoms with E-state index in [9.17, 15) is 4.79 Å². The van der Waals surface area contributed by atoms with E-state index in [-0.39, 0.29) is 11.9 Å². The highest BCUT2D eigenvalue weighted by Gasteiger charge is 2.26. The molecule has 0 spiro atoms. The zero-order chi connectivity index (χ0) is 21.5. The van der Waals surface area contributed by atoms with Crippen molar-refractivity contribution >= 4 is 5.91 Å². The number of benzene rings is 2. The molecule has 0 aliphatic carbocycles. The largest absolute Gasteiger partial charge is 0.496 e. The molecule has 2 aromatic carbocycles. The Balaban J connectivity index is 1.89. The molecule has 1 fully saturated rings. The van der Waals surface area contributed by atoms with Crippen LogP contribution in [0.1, 0.15) is 28.4 Å². The molecule has 3 rings (SSSR count). The molecule has 2 aromatic rings. The van der Waals surface area contributed by atoms with Gasteiger partial charge in [-0.25, -0.2) is 0 Å². The number of rotatable bonds is 8. The van der Waals surface area contributed by atoms with Crippen molar-refractivity contribution in [2.75, 3.05) is 47.1 Å². The highest BCUT2D eigenvalue weighted by molar-refractivity contribution is 5.95. The number of carbonyl (C=O) groups excluding carboxylic acids is 1. The van der Waals surface area contributed by atoms with Crippen LogP contribution in [0.5, 0.6) is 11.5 Å². The zero-order valence-electron chi connectivity index (χ0n) is 18.4. The van der Waals surface area contributed by atoms with Crippen LogP contribution in [0.25, 0.3) is 0 Å². The summed E-state index contributed by atoms with van der Waals surface area (Å²) in [7, 11) is 3.22. The van der Waals surface area contributed by atoms with Crippen LogP contribution in [0, 0.1) is 6.92 Å². The standard InChI is InChI=1S/C24H32N2O4/c1-18(16-25-10-12-30-13-11-25)26(17-20-8-6-5-7-9-20)24(27)21-14-22(28-3)19(2)23(15-21)29-4/h5-9,14-15,18H,10-13,16-17H2,1-4H3. The molecule has 0 bridgehead atoms. The minimum Gasteiger partial charge on any atom is -0.496 e. The Labute approximate surface area is 179 Å². The normalized spacial score (nSPS) is 15.5. The highest BCUT2D eigenvalue weighted by Crippen LogP contribution is 2.30. The van der Waals surface area contributed by atoms with Gasteiger partial charge in [0.1, 0.15) is 11.5 Å². The van der Waals surface area contributed by atoms with Gasteiger partial charge in [-0.2, -0.15) is 0 Å². The van der Waals surface area contributed by atoms with Crippen LogP contribution in [-0.4, -0.2) is 68.8 Å². The number of ether oxygens (including phenoxy) is 3. The SMILES string of the molecule is COc1cc(C(=O)N(Cc2ccccc2)C(C)CN2CCOCC2)cc(OC)c1C. The van der Waals surface area contributed by atoms with Crippen molar-refractivity contribution in [3.63, 3.8) is 0 Å². The van der Waals surface area contributed by atoms with Crippen molar-refractivity contribution in [3.8, 4) is 11.5 Å². The lowest BCUT2D eigenvalue weighted by Crippen LogP contribution is -2.48. The van der Waals surface area contributed by atoms with Crippen molar-refractivity contribution < 1.29 is 19.0 Å². The van der Waals surface area contributed by atoms with E-state index >= 15 is 0 Å². The molecule has 0 N–H and O–H groups in total. The van der Waals surface area contributed by atoms with Crippen LogP contribution < -0.4 is 9.47 Å². The molecule has 1 saturated heterocycles. The maximum atomic E-state index is 13.7. The third-order valence-corrected chi connectivity index (χ3v) is 5.61. The summed E-state index contributed by atoms with van der Waals surface area (Å²) < 4.78 is 16.4. The number of hydrogen-bond acceptors (Lipinski definition) is 5. The minimum absolute atomic E-state index is 0.0313. The number of carbonyl (C=O) groups is 1. The summed E-state index contributed by atoms with van der Waals surface area (Å²) in [6, 6.07) is 13.7. The van der Waals surface area contributed by atoms with Crippen LogP contribution in [0.3, 0.4) is 0 Å². The summed E-state index contributed by atoms with van der Waals surface area (Å²) in [6.45, 7) is 8.66. The molecule has 1 unspecified atom stereocenters. The summed E-state index contributed by atoms with van der Waals surface area (Å²) in [6.07, 6.45) is 0. The molecule has 0 aromatic heterocycles. The molecule has 0 saturated carbocycles. The highest BCUT2D eigenvalue weighted by atomic mass is 16.5. The molecule has 162 valence electrons. The van der Waals surface area contributed by atoms with E-state index in [2.05, 4.69) is 24.0 Å². The van der Waals surface area contributed by atoms with E-state index in [0.717, 1.165) is 44.0 Å². The van der Waals surface area contributed by atoms with Gasteiger partial charge >= 0.3 is 0 Å². The monoisotopic (exact) mass is 412 g/mol. The summed E-state index contributed by atoms with van der Waals surface area (Å²) >= 11 is 0. The van der Waals surface area contributed by atoms with E-state index in [0.29, 0.717) is 23.6 Å². The Hall–Kier alpha value is -2.57. The second-order valence-corrected chi connectivity index (χ2v) is 7.69. The van der Waals surface area contributed by atoms with Crippen molar-refractivity contribution in [3.05, 3.63) is 59.2 Å². The predicted molar refractivity (Wildman–Crippen MR) is 117 cm³/mol. The second kappa shape index (κ2) is 10.5. The first-order valence-electron chi connectivity index (χ1n) is 10.4. The van der Waals surface area contributed by atoms with Crippen LogP contribution in [0.2, 0.25) is 0 Å². The zero-order valence-corrected chi connectivity index (χ0v) is 18.4. The van der Waals surface area contributed by atoms with Crippen LogP contribution >= 0.6 is 0 Å². The number of methoxy groups -OCH3 is 2. The molecule has 0 radical (unpaired) electrons. The molecular weight excluding hydrogens is 380 g/mol. The Morgan fingerprint density at radius 2 is 1.70 bits per heavy atom. The predicted octanol–water partition coefficient (Wildman–Crippen LogP) is 3.38. The summed E-state index contributed by atoms with van der Waals surface area (Å²) in [5.74, 6) is 1.27. The molecule has 6 nitrogen and oxygen atoms in total. The number of nitrogens with zero attached hydrogens (tertiary/aromatic N) is 2. The van der Waals surface area contributed by atoms with Gasteiger partial charge in [0.15, 0.2) is 0 Å². The smallest absolute Gasteiger partial charge is 0.254 e. The molecule has 1 heterocycles. The molecular formula is C24H32N2O4. The van der Waals surface area contributed by atoms with Gasteiger partial charge in [0.2, 0.25) is 0 Å². The van der Waals surface area contributed by atoms with Crippen LogP contribution in [-0.2, 0) is 11.3 Å². The van der Waals surface area contributed by atoms with Crippen molar-refractivity contribution in [1.82, 2.24) is 9.80 Å². The second-order valence-electron chi connectivity index (χ2n) is 7.69. The first-order valence-corrected chi connectivity index (χ1v) is 10.4. The fourth-order valence-corrected chi connectivity index (χ4v) is 3.84. The van der Waals surface area contributed by atoms with E-state index in [4.69, 9.17) is 14.2 Å². The molecule has 6 heteroatoms. The first kappa shape index (κ1) is 22.1. The fraction of sp³-hybridized carbons (Fsp3) is 0.458. The lowest BCUT2D eigenvalue weighted by Gasteiger charge is -2.35. The van der Waals surface area contributed by atoms with Gasteiger partial charge in [0.05, 0.1) is 27.4 Å². The maximum Gasteiger partial charge on any atom is 0.254 e. The Morgan fingerprint density at radius 3 is 2.27 bits per heavy atom. The van der Waals surface area contributed by atoms with Crippen molar-refractivity contribution in [2.24, 2.45) is 0 Å². The van der Waals surface area contributed by atoms with Gasteiger partial charge in [0, 0.05) is 43.3 Å². The van der Waals surface area contributed by atoms with E-state index in [1.807, 2.05) is 30.0 Å². The first-order chi connectivity index (χ1) is 14.5. The van der Waals surface area contributed by atoms with Gasteiger partial charge in [-0.3, -0.25) is 9.69 Å². The quantitative estimate of drug-likeness (QED) is 0.665. The van der Waals surface area contributed by atoms with Gasteiger partial charge in [-0.1, -0.05) is 30.3 Å². The topological polar surface area (TPSA) is 51.2 Å². The Morgan fingerprint density at radius 1 is 1.10 bits per heavy atom. The van der Waals surface area contributed by atoms with Crippen LogP contribution in [0.4, 0.5) is 0 Å². The lowest BCUT2D eigenvalue weighted by molar-refractivity contribution is 0.0228. The molecule has 30 heavy (non-hydrogen) atoms. The maximum absolute atomic E-state index is 13.7. The molecule has 1 amide bonds. The van der Waals surface area contributed by atoms with Gasteiger partial charge in [-0.15, -0.1) is 0 Å². The van der Waals surface area contributed by atoms with Crippen LogP contribution in [0.15, 0.2) is 42.5 Å². The van der Waals surface area contributed by atoms with E-state index in [1.54, 1.807) is 26.4 Å². The summed E-state index contributed by atoms with van der Waals surface area (Å²) in [5, 5.41) is 0. The number of amides is 1. The van der Waals surface area contributed by atoms with E-state index in [1.165, 1.54) is 0 Å². The summed E-state index contributed by atoms with van der Waals surface area (Å²) in [5.41, 5.74) is 2.55. The van der Waals surface area contributed by atoms with Gasteiger partial charge in [0.25, 0.3) is 5.91 Å². The molecule has 1 aliphatic rings. The summed E-state index contributed by atoms with van der Waals surface area (Å²) in [4.78, 5) is 17.9. The third kappa shape index (κ3) is 5.32. The van der Waals surface area contributed by atoms with E-state index < -0.39 is 0 Å². The van der Waals surface area contributed by atoms with Crippen molar-refractivity contribution in [1.29, 1.82) is 0 Å². The minimum atomic E-state index is -0.0313. The van der Waals surface area contributed by atoms with Gasteiger partial charge in [-0.05, 0) is 31.5 Å².